The molecule has 1 fully saturated rings. The van der Waals surface area contributed by atoms with Gasteiger partial charge in [0.05, 0.1) is 5.71 Å². The normalized spacial score (nSPS) is 17.3. The minimum absolute atomic E-state index is 0.0891. The smallest absolute Gasteiger partial charge is 0.331 e. The van der Waals surface area contributed by atoms with Crippen molar-refractivity contribution in [3.05, 3.63) is 53.2 Å². The maximum absolute atomic E-state index is 12.7. The Hall–Kier alpha value is -3.94. The van der Waals surface area contributed by atoms with Crippen LogP contribution in [0.2, 0.25) is 0 Å². The number of likely N-dealkylation sites (N-methyl/N-ethyl adjacent to an activating group) is 2. The Morgan fingerprint density at radius 2 is 1.70 bits per heavy atom. The Labute approximate surface area is 192 Å². The first-order valence-corrected chi connectivity index (χ1v) is 10.8. The Kier molecular flexibility index (Phi) is 5.76. The number of guanidine groups is 1. The van der Waals surface area contributed by atoms with E-state index in [0.717, 1.165) is 39.5 Å². The SMILES string of the molecule is CCn1c2ccc(/C=C3/C(=O)N(C)C(=NC)N3C)cc2c2cc(/C(C)=N/OC(C)=O)ccc21. The maximum Gasteiger partial charge on any atom is 0.331 e. The van der Waals surface area contributed by atoms with E-state index in [9.17, 15) is 9.59 Å². The van der Waals surface area contributed by atoms with Gasteiger partial charge in [0.2, 0.25) is 5.96 Å². The largest absolute Gasteiger partial charge is 0.341 e. The molecule has 170 valence electrons. The first kappa shape index (κ1) is 22.3. The third-order valence-corrected chi connectivity index (χ3v) is 5.92. The van der Waals surface area contributed by atoms with Gasteiger partial charge in [-0.25, -0.2) is 4.79 Å². The van der Waals surface area contributed by atoms with Gasteiger partial charge in [-0.2, -0.15) is 0 Å². The lowest BCUT2D eigenvalue weighted by Gasteiger charge is -2.12. The van der Waals surface area contributed by atoms with Crippen LogP contribution in [0.1, 0.15) is 31.9 Å². The van der Waals surface area contributed by atoms with E-state index < -0.39 is 5.97 Å². The molecule has 1 aliphatic heterocycles. The zero-order valence-electron chi connectivity index (χ0n) is 19.7. The van der Waals surface area contributed by atoms with Crippen molar-refractivity contribution in [1.82, 2.24) is 14.4 Å². The lowest BCUT2D eigenvalue weighted by Crippen LogP contribution is -2.29. The fourth-order valence-electron chi connectivity index (χ4n) is 4.32. The molecule has 0 radical (unpaired) electrons. The number of aryl methyl sites for hydroxylation is 1. The van der Waals surface area contributed by atoms with Crippen molar-refractivity contribution in [2.45, 2.75) is 27.3 Å². The molecule has 0 saturated carbocycles. The molecule has 3 aromatic rings. The van der Waals surface area contributed by atoms with Crippen LogP contribution in [0, 0.1) is 0 Å². The molecule has 1 saturated heterocycles. The Morgan fingerprint density at radius 1 is 1.03 bits per heavy atom. The van der Waals surface area contributed by atoms with E-state index >= 15 is 0 Å². The Morgan fingerprint density at radius 3 is 2.30 bits per heavy atom. The molecular weight excluding hydrogens is 418 g/mol. The van der Waals surface area contributed by atoms with Crippen LogP contribution in [0.3, 0.4) is 0 Å². The minimum atomic E-state index is -0.455. The number of benzene rings is 2. The second-order valence-corrected chi connectivity index (χ2v) is 7.99. The van der Waals surface area contributed by atoms with Crippen molar-refractivity contribution in [1.29, 1.82) is 0 Å². The third kappa shape index (κ3) is 3.77. The van der Waals surface area contributed by atoms with Crippen molar-refractivity contribution in [2.75, 3.05) is 21.1 Å². The summed E-state index contributed by atoms with van der Waals surface area (Å²) < 4.78 is 2.26. The van der Waals surface area contributed by atoms with Gasteiger partial charge in [0.1, 0.15) is 5.70 Å². The molecule has 2 aromatic carbocycles. The van der Waals surface area contributed by atoms with Crippen LogP contribution in [0.25, 0.3) is 27.9 Å². The van der Waals surface area contributed by atoms with E-state index in [4.69, 9.17) is 4.84 Å². The van der Waals surface area contributed by atoms with Gasteiger partial charge in [-0.3, -0.25) is 14.7 Å². The lowest BCUT2D eigenvalue weighted by atomic mass is 10.0. The average Bonchev–Trinajstić information content (AvgIpc) is 3.22. The molecule has 8 nitrogen and oxygen atoms in total. The molecule has 0 aliphatic carbocycles. The minimum Gasteiger partial charge on any atom is -0.341 e. The topological polar surface area (TPSA) is 79.5 Å². The Bertz CT molecular complexity index is 1380. The van der Waals surface area contributed by atoms with Gasteiger partial charge in [0.25, 0.3) is 5.91 Å². The van der Waals surface area contributed by atoms with Crippen LogP contribution in [0.5, 0.6) is 0 Å². The van der Waals surface area contributed by atoms with Crippen molar-refractivity contribution >= 4 is 51.4 Å². The molecule has 0 atom stereocenters. The van der Waals surface area contributed by atoms with Gasteiger partial charge in [-0.05, 0) is 55.3 Å². The number of nitrogens with zero attached hydrogens (tertiary/aromatic N) is 5. The van der Waals surface area contributed by atoms with E-state index in [1.54, 1.807) is 23.9 Å². The summed E-state index contributed by atoms with van der Waals surface area (Å²) in [6.07, 6.45) is 1.89. The summed E-state index contributed by atoms with van der Waals surface area (Å²) in [6, 6.07) is 12.3. The number of amides is 1. The molecule has 33 heavy (non-hydrogen) atoms. The molecule has 4 rings (SSSR count). The zero-order valence-corrected chi connectivity index (χ0v) is 19.7. The second kappa shape index (κ2) is 8.54. The van der Waals surface area contributed by atoms with Crippen LogP contribution in [-0.2, 0) is 21.0 Å². The molecule has 1 aromatic heterocycles. The van der Waals surface area contributed by atoms with Gasteiger partial charge >= 0.3 is 5.97 Å². The highest BCUT2D eigenvalue weighted by atomic mass is 16.7. The fraction of sp³-hybridized carbons (Fsp3) is 0.280. The summed E-state index contributed by atoms with van der Waals surface area (Å²) in [5, 5.41) is 6.07. The van der Waals surface area contributed by atoms with E-state index in [-0.39, 0.29) is 5.91 Å². The molecular formula is C25H27N5O3. The number of carbonyl (C=O) groups is 2. The monoisotopic (exact) mass is 445 g/mol. The van der Waals surface area contributed by atoms with Crippen LogP contribution >= 0.6 is 0 Å². The standard InChI is InChI=1S/C25H27N5O3/c1-7-30-21-10-8-17(13-23-24(32)29(6)25(26-4)28(23)5)12-19(21)20-14-18(9-11-22(20)30)15(2)27-33-16(3)31/h8-14H,7H2,1-6H3/b23-13-,26-25?,27-15+. The number of hydrogen-bond donors (Lipinski definition) is 0. The molecule has 1 amide bonds. The molecule has 0 bridgehead atoms. The van der Waals surface area contributed by atoms with Gasteiger partial charge in [0.15, 0.2) is 0 Å². The van der Waals surface area contributed by atoms with Crippen molar-refractivity contribution in [2.24, 2.45) is 10.1 Å². The molecule has 0 N–H and O–H groups in total. The summed E-state index contributed by atoms with van der Waals surface area (Å²) in [6.45, 7) is 6.07. The van der Waals surface area contributed by atoms with E-state index in [0.29, 0.717) is 17.4 Å². The van der Waals surface area contributed by atoms with Crippen molar-refractivity contribution in [3.63, 3.8) is 0 Å². The summed E-state index contributed by atoms with van der Waals surface area (Å²) in [5.74, 6) is 0.0694. The predicted octanol–water partition coefficient (Wildman–Crippen LogP) is 3.83. The number of aromatic nitrogens is 1. The van der Waals surface area contributed by atoms with Crippen molar-refractivity contribution < 1.29 is 14.4 Å². The highest BCUT2D eigenvalue weighted by molar-refractivity contribution is 6.16. The first-order valence-electron chi connectivity index (χ1n) is 10.8. The lowest BCUT2D eigenvalue weighted by molar-refractivity contribution is -0.140. The number of carbonyl (C=O) groups excluding carboxylic acids is 2. The quantitative estimate of drug-likeness (QED) is 0.265. The third-order valence-electron chi connectivity index (χ3n) is 5.92. The van der Waals surface area contributed by atoms with Crippen molar-refractivity contribution in [3.8, 4) is 0 Å². The summed E-state index contributed by atoms with van der Waals surface area (Å²) in [4.78, 5) is 36.2. The molecule has 0 spiro atoms. The average molecular weight is 446 g/mol. The molecule has 1 aliphatic rings. The number of aliphatic imine (C=N–C) groups is 1. The number of rotatable bonds is 4. The number of hydrogen-bond acceptors (Lipinski definition) is 5. The van der Waals surface area contributed by atoms with Crippen LogP contribution < -0.4 is 0 Å². The van der Waals surface area contributed by atoms with Gasteiger partial charge in [-0.1, -0.05) is 17.3 Å². The molecule has 2 heterocycles. The zero-order chi connectivity index (χ0) is 23.9. The maximum atomic E-state index is 12.7. The molecule has 8 heteroatoms. The van der Waals surface area contributed by atoms with Crippen LogP contribution in [0.15, 0.2) is 52.2 Å². The fourth-order valence-corrected chi connectivity index (χ4v) is 4.32. The summed E-state index contributed by atoms with van der Waals surface area (Å²) >= 11 is 0. The van der Waals surface area contributed by atoms with Gasteiger partial charge in [0, 0.05) is 56.4 Å². The summed E-state index contributed by atoms with van der Waals surface area (Å²) in [5.41, 5.74) is 5.21. The number of oxime groups is 1. The van der Waals surface area contributed by atoms with Crippen LogP contribution in [0.4, 0.5) is 0 Å². The highest BCUT2D eigenvalue weighted by Gasteiger charge is 2.33. The van der Waals surface area contributed by atoms with E-state index in [1.807, 2.05) is 32.2 Å². The predicted molar refractivity (Wildman–Crippen MR) is 131 cm³/mol. The van der Waals surface area contributed by atoms with Gasteiger partial charge < -0.3 is 14.3 Å². The molecule has 0 unspecified atom stereocenters. The van der Waals surface area contributed by atoms with Gasteiger partial charge in [-0.15, -0.1) is 0 Å². The second-order valence-electron chi connectivity index (χ2n) is 7.99. The summed E-state index contributed by atoms with van der Waals surface area (Å²) in [7, 11) is 5.24. The number of fused-ring (bicyclic) bond motifs is 3. The first-order chi connectivity index (χ1) is 15.8. The van der Waals surface area contributed by atoms with Crippen LogP contribution in [-0.4, -0.2) is 59.1 Å². The highest BCUT2D eigenvalue weighted by Crippen LogP contribution is 2.32. The Balaban J connectivity index is 1.86. The van der Waals surface area contributed by atoms with E-state index in [1.165, 1.54) is 6.92 Å². The van der Waals surface area contributed by atoms with E-state index in [2.05, 4.69) is 45.9 Å².